The lowest BCUT2D eigenvalue weighted by Crippen LogP contribution is -2.00. The molecule has 0 aliphatic carbocycles. The Kier molecular flexibility index (Phi) is 3.38. The highest BCUT2D eigenvalue weighted by Gasteiger charge is 2.07. The predicted molar refractivity (Wildman–Crippen MR) is 86.7 cm³/mol. The average Bonchev–Trinajstić information content (AvgIpc) is 2.48. The molecular formula is C19H18O2. The van der Waals surface area contributed by atoms with Crippen LogP contribution in [0.4, 0.5) is 0 Å². The summed E-state index contributed by atoms with van der Waals surface area (Å²) in [5.74, 6) is 1.11. The molecule has 0 fully saturated rings. The molecule has 106 valence electrons. The van der Waals surface area contributed by atoms with Crippen LogP contribution in [-0.4, -0.2) is 0 Å². The maximum atomic E-state index is 12.2. The molecule has 0 atom stereocenters. The third-order valence-electron chi connectivity index (χ3n) is 3.74. The Morgan fingerprint density at radius 3 is 2.33 bits per heavy atom. The summed E-state index contributed by atoms with van der Waals surface area (Å²) in [5, 5.41) is 0.637. The summed E-state index contributed by atoms with van der Waals surface area (Å²) in [6.07, 6.45) is 0. The highest BCUT2D eigenvalue weighted by Crippen LogP contribution is 2.24. The second-order valence-electron chi connectivity index (χ2n) is 5.75. The first-order valence-electron chi connectivity index (χ1n) is 7.19. The van der Waals surface area contributed by atoms with Gasteiger partial charge in [-0.2, -0.15) is 0 Å². The first kappa shape index (κ1) is 13.6. The van der Waals surface area contributed by atoms with E-state index in [1.807, 2.05) is 37.3 Å². The zero-order valence-corrected chi connectivity index (χ0v) is 12.5. The minimum atomic E-state index is 0.00267. The predicted octanol–water partition coefficient (Wildman–Crippen LogP) is 4.89. The van der Waals surface area contributed by atoms with Crippen LogP contribution in [0.25, 0.3) is 22.3 Å². The van der Waals surface area contributed by atoms with Gasteiger partial charge in [0, 0.05) is 11.6 Å². The quantitative estimate of drug-likeness (QED) is 0.668. The van der Waals surface area contributed by atoms with Crippen molar-refractivity contribution in [3.8, 4) is 11.3 Å². The van der Waals surface area contributed by atoms with Crippen molar-refractivity contribution in [2.24, 2.45) is 0 Å². The van der Waals surface area contributed by atoms with Gasteiger partial charge in [-0.05, 0) is 30.5 Å². The third-order valence-corrected chi connectivity index (χ3v) is 3.74. The van der Waals surface area contributed by atoms with Crippen molar-refractivity contribution in [3.05, 3.63) is 69.9 Å². The van der Waals surface area contributed by atoms with E-state index in [1.165, 1.54) is 5.56 Å². The van der Waals surface area contributed by atoms with Crippen molar-refractivity contribution in [1.29, 1.82) is 0 Å². The normalized spacial score (nSPS) is 11.2. The molecule has 1 aromatic heterocycles. The maximum absolute atomic E-state index is 12.2. The largest absolute Gasteiger partial charge is 0.456 e. The molecule has 21 heavy (non-hydrogen) atoms. The van der Waals surface area contributed by atoms with Crippen LogP contribution in [0.3, 0.4) is 0 Å². The minimum Gasteiger partial charge on any atom is -0.456 e. The van der Waals surface area contributed by atoms with Crippen molar-refractivity contribution in [2.45, 2.75) is 26.7 Å². The van der Waals surface area contributed by atoms with Gasteiger partial charge in [-0.3, -0.25) is 4.79 Å². The molecule has 0 saturated carbocycles. The van der Waals surface area contributed by atoms with Crippen molar-refractivity contribution in [1.82, 2.24) is 0 Å². The molecule has 0 aliphatic rings. The van der Waals surface area contributed by atoms with E-state index in [4.69, 9.17) is 4.42 Å². The maximum Gasteiger partial charge on any atom is 0.193 e. The highest BCUT2D eigenvalue weighted by atomic mass is 16.3. The monoisotopic (exact) mass is 278 g/mol. The zero-order valence-electron chi connectivity index (χ0n) is 12.5. The summed E-state index contributed by atoms with van der Waals surface area (Å²) in [4.78, 5) is 12.2. The molecule has 0 spiro atoms. The Balaban J connectivity index is 2.12. The second kappa shape index (κ2) is 5.21. The standard InChI is InChI=1S/C19H18O2/c1-12(2)14-5-7-15(8-6-14)19-11-17(20)16-10-13(3)4-9-18(16)21-19/h4-12H,1-3H3. The fraction of sp³-hybridized carbons (Fsp3) is 0.211. The lowest BCUT2D eigenvalue weighted by atomic mass is 10.0. The van der Waals surface area contributed by atoms with Gasteiger partial charge < -0.3 is 4.42 Å². The number of benzene rings is 2. The molecule has 0 saturated heterocycles. The van der Waals surface area contributed by atoms with E-state index in [-0.39, 0.29) is 5.43 Å². The molecule has 2 nitrogen and oxygen atoms in total. The fourth-order valence-corrected chi connectivity index (χ4v) is 2.44. The van der Waals surface area contributed by atoms with Gasteiger partial charge in [0.15, 0.2) is 5.43 Å². The van der Waals surface area contributed by atoms with Crippen LogP contribution in [0.2, 0.25) is 0 Å². The molecule has 0 radical (unpaired) electrons. The van der Waals surface area contributed by atoms with Gasteiger partial charge in [0.05, 0.1) is 5.39 Å². The summed E-state index contributed by atoms with van der Waals surface area (Å²) >= 11 is 0. The van der Waals surface area contributed by atoms with Crippen LogP contribution < -0.4 is 5.43 Å². The van der Waals surface area contributed by atoms with E-state index in [2.05, 4.69) is 26.0 Å². The Hall–Kier alpha value is -2.35. The Morgan fingerprint density at radius 2 is 1.67 bits per heavy atom. The Bertz CT molecular complexity index is 840. The number of hydrogen-bond acceptors (Lipinski definition) is 2. The van der Waals surface area contributed by atoms with E-state index in [9.17, 15) is 4.79 Å². The van der Waals surface area contributed by atoms with Gasteiger partial charge in [-0.25, -0.2) is 0 Å². The van der Waals surface area contributed by atoms with Crippen LogP contribution in [0.1, 0.15) is 30.9 Å². The number of fused-ring (bicyclic) bond motifs is 1. The summed E-state index contributed by atoms with van der Waals surface area (Å²) in [6.45, 7) is 6.29. The van der Waals surface area contributed by atoms with Crippen LogP contribution in [0.5, 0.6) is 0 Å². The minimum absolute atomic E-state index is 0.00267. The third kappa shape index (κ3) is 2.62. The summed E-state index contributed by atoms with van der Waals surface area (Å²) < 4.78 is 5.88. The SMILES string of the molecule is Cc1ccc2oc(-c3ccc(C(C)C)cc3)cc(=O)c2c1. The first-order valence-corrected chi connectivity index (χ1v) is 7.19. The van der Waals surface area contributed by atoms with Gasteiger partial charge in [0.25, 0.3) is 0 Å². The van der Waals surface area contributed by atoms with E-state index < -0.39 is 0 Å². The molecule has 0 bridgehead atoms. The molecule has 2 aromatic carbocycles. The number of hydrogen-bond donors (Lipinski definition) is 0. The molecule has 2 heteroatoms. The Morgan fingerprint density at radius 1 is 0.952 bits per heavy atom. The van der Waals surface area contributed by atoms with Gasteiger partial charge in [0.1, 0.15) is 11.3 Å². The van der Waals surface area contributed by atoms with Gasteiger partial charge in [-0.1, -0.05) is 49.7 Å². The molecule has 0 unspecified atom stereocenters. The van der Waals surface area contributed by atoms with Crippen molar-refractivity contribution >= 4 is 11.0 Å². The second-order valence-corrected chi connectivity index (χ2v) is 5.75. The average molecular weight is 278 g/mol. The van der Waals surface area contributed by atoms with Crippen LogP contribution >= 0.6 is 0 Å². The molecule has 3 rings (SSSR count). The summed E-state index contributed by atoms with van der Waals surface area (Å²) in [5.41, 5.74) is 3.90. The van der Waals surface area contributed by atoms with Crippen LogP contribution in [0.15, 0.2) is 57.7 Å². The van der Waals surface area contributed by atoms with E-state index >= 15 is 0 Å². The smallest absolute Gasteiger partial charge is 0.193 e. The summed E-state index contributed by atoms with van der Waals surface area (Å²) in [6, 6.07) is 15.4. The topological polar surface area (TPSA) is 30.2 Å². The number of rotatable bonds is 2. The number of aryl methyl sites for hydroxylation is 1. The molecule has 3 aromatic rings. The highest BCUT2D eigenvalue weighted by molar-refractivity contribution is 5.79. The summed E-state index contributed by atoms with van der Waals surface area (Å²) in [7, 11) is 0. The molecule has 0 amide bonds. The lowest BCUT2D eigenvalue weighted by Gasteiger charge is -2.07. The van der Waals surface area contributed by atoms with Crippen molar-refractivity contribution < 1.29 is 4.42 Å². The van der Waals surface area contributed by atoms with Gasteiger partial charge in [-0.15, -0.1) is 0 Å². The lowest BCUT2D eigenvalue weighted by molar-refractivity contribution is 0.619. The van der Waals surface area contributed by atoms with E-state index in [1.54, 1.807) is 6.07 Å². The van der Waals surface area contributed by atoms with Crippen molar-refractivity contribution in [2.75, 3.05) is 0 Å². The molecule has 1 heterocycles. The molecule has 0 aliphatic heterocycles. The van der Waals surface area contributed by atoms with Gasteiger partial charge in [0.2, 0.25) is 0 Å². The molecule has 0 N–H and O–H groups in total. The Labute approximate surface area is 124 Å². The molecular weight excluding hydrogens is 260 g/mol. The first-order chi connectivity index (χ1) is 10.0. The van der Waals surface area contributed by atoms with Crippen molar-refractivity contribution in [3.63, 3.8) is 0 Å². The van der Waals surface area contributed by atoms with Crippen LogP contribution in [0, 0.1) is 6.92 Å². The van der Waals surface area contributed by atoms with E-state index in [0.717, 1.165) is 11.1 Å². The van der Waals surface area contributed by atoms with Crippen LogP contribution in [-0.2, 0) is 0 Å². The van der Waals surface area contributed by atoms with Gasteiger partial charge >= 0.3 is 0 Å². The zero-order chi connectivity index (χ0) is 15.0. The van der Waals surface area contributed by atoms with E-state index in [0.29, 0.717) is 22.6 Å². The fourth-order valence-electron chi connectivity index (χ4n) is 2.44.